The van der Waals surface area contributed by atoms with Gasteiger partial charge in [0.25, 0.3) is 0 Å². The molecule has 2 heteroatoms. The topological polar surface area (TPSA) is 17.1 Å². The van der Waals surface area contributed by atoms with Gasteiger partial charge in [-0.2, -0.15) is 0 Å². The maximum absolute atomic E-state index is 10.6. The molecule has 0 amide bonds. The van der Waals surface area contributed by atoms with Gasteiger partial charge >= 0.3 is 0 Å². The molecule has 0 aliphatic rings. The minimum absolute atomic E-state index is 0. The number of ketones is 1. The van der Waals surface area contributed by atoms with Crippen LogP contribution in [0.15, 0.2) is 0 Å². The van der Waals surface area contributed by atoms with Crippen LogP contribution in [0, 0.1) is 12.8 Å². The summed E-state index contributed by atoms with van der Waals surface area (Å²) in [7, 11) is 0. The summed E-state index contributed by atoms with van der Waals surface area (Å²) < 4.78 is 0. The van der Waals surface area contributed by atoms with Crippen molar-refractivity contribution in [2.75, 3.05) is 0 Å². The van der Waals surface area contributed by atoms with E-state index in [-0.39, 0.29) is 29.1 Å². The Morgan fingerprint density at radius 2 is 2.10 bits per heavy atom. The van der Waals surface area contributed by atoms with E-state index in [0.717, 1.165) is 19.3 Å². The second-order valence-corrected chi connectivity index (χ2v) is 2.45. The van der Waals surface area contributed by atoms with Crippen molar-refractivity contribution in [3.63, 3.8) is 0 Å². The predicted molar refractivity (Wildman–Crippen MR) is 49.0 cm³/mol. The first-order chi connectivity index (χ1) is 4.18. The number of carbonyl (C=O) groups is 1. The molecule has 1 unspecified atom stereocenters. The Labute approximate surface area is 74.3 Å². The van der Waals surface area contributed by atoms with E-state index in [4.69, 9.17) is 0 Å². The lowest BCUT2D eigenvalue weighted by Crippen LogP contribution is -2.05. The highest BCUT2D eigenvalue weighted by Crippen LogP contribution is 2.06. The summed E-state index contributed by atoms with van der Waals surface area (Å²) >= 11 is 0. The molecule has 0 fully saturated rings. The summed E-state index contributed by atoms with van der Waals surface area (Å²) in [6.07, 6.45) is 3.22. The summed E-state index contributed by atoms with van der Waals surface area (Å²) in [6, 6.07) is 0. The van der Waals surface area contributed by atoms with E-state index in [2.05, 4.69) is 13.8 Å². The van der Waals surface area contributed by atoms with E-state index >= 15 is 0 Å². The highest BCUT2D eigenvalue weighted by atomic mass is 27.0. The van der Waals surface area contributed by atoms with Gasteiger partial charge in [0.1, 0.15) is 5.78 Å². The summed E-state index contributed by atoms with van der Waals surface area (Å²) in [6.45, 7) is 7.45. The molecule has 0 heterocycles. The van der Waals surface area contributed by atoms with E-state index in [1.165, 1.54) is 0 Å². The number of carbonyl (C=O) groups excluding carboxylic acids is 1. The molecule has 0 saturated heterocycles. The first-order valence-corrected chi connectivity index (χ1v) is 3.52. The molecule has 1 radical (unpaired) electrons. The van der Waals surface area contributed by atoms with Crippen LogP contribution in [0.5, 0.6) is 0 Å². The average molecular weight is 157 g/mol. The van der Waals surface area contributed by atoms with E-state index in [9.17, 15) is 4.79 Å². The Bertz CT molecular complexity index is 91.3. The van der Waals surface area contributed by atoms with Crippen LogP contribution in [0.1, 0.15) is 33.1 Å². The molecule has 1 atom stereocenters. The third-order valence-electron chi connectivity index (χ3n) is 1.48. The minimum atomic E-state index is 0. The predicted octanol–water partition coefficient (Wildman–Crippen LogP) is 1.03. The molecule has 0 aliphatic heterocycles. The van der Waals surface area contributed by atoms with Crippen molar-refractivity contribution in [3.05, 3.63) is 6.92 Å². The normalized spacial score (nSPS) is 11.9. The van der Waals surface area contributed by atoms with Gasteiger partial charge in [-0.3, -0.25) is 4.79 Å². The standard InChI is InChI=1S/C8H15O.Al.3H/c1-4-5-6-7(2)8(3)9;;;;/h7H,2,4-6H2,1,3H3;;;;. The second kappa shape index (κ2) is 7.31. The minimum Gasteiger partial charge on any atom is -0.300 e. The van der Waals surface area contributed by atoms with E-state index in [0.29, 0.717) is 0 Å². The van der Waals surface area contributed by atoms with Gasteiger partial charge in [0, 0.05) is 5.92 Å². The Balaban J connectivity index is 0. The number of unbranched alkanes of at least 4 members (excludes halogenated alkanes) is 1. The van der Waals surface area contributed by atoms with Gasteiger partial charge in [-0.15, -0.1) is 0 Å². The number of hydrogen-bond donors (Lipinski definition) is 0. The van der Waals surface area contributed by atoms with Crippen molar-refractivity contribution >= 4 is 23.1 Å². The van der Waals surface area contributed by atoms with Crippen LogP contribution in [0.4, 0.5) is 0 Å². The Morgan fingerprint density at radius 1 is 1.60 bits per heavy atom. The van der Waals surface area contributed by atoms with E-state index in [1.807, 2.05) is 0 Å². The SMILES string of the molecule is [AlH3].[CH2]C(CCCC)C(C)=O. The Hall–Kier alpha value is 0.202. The van der Waals surface area contributed by atoms with E-state index < -0.39 is 0 Å². The largest absolute Gasteiger partial charge is 0.300 e. The number of rotatable bonds is 4. The maximum atomic E-state index is 10.6. The molecule has 0 saturated carbocycles. The van der Waals surface area contributed by atoms with Gasteiger partial charge < -0.3 is 0 Å². The average Bonchev–Trinajstić information content (AvgIpc) is 1.82. The molecular weight excluding hydrogens is 139 g/mol. The third-order valence-corrected chi connectivity index (χ3v) is 1.48. The molecule has 1 nitrogen and oxygen atoms in total. The molecule has 0 aromatic heterocycles. The van der Waals surface area contributed by atoms with Crippen LogP contribution >= 0.6 is 0 Å². The zero-order valence-electron chi connectivity index (χ0n) is 6.31. The van der Waals surface area contributed by atoms with Gasteiger partial charge in [0.15, 0.2) is 17.4 Å². The van der Waals surface area contributed by atoms with Crippen molar-refractivity contribution in [2.45, 2.75) is 33.1 Å². The number of Topliss-reactive ketones (excluding diaryl/α,β-unsaturated/α-hetero) is 1. The zero-order chi connectivity index (χ0) is 7.28. The molecule has 0 spiro atoms. The summed E-state index contributed by atoms with van der Waals surface area (Å²) in [5.41, 5.74) is 0. The molecule has 0 aliphatic carbocycles. The fourth-order valence-corrected chi connectivity index (χ4v) is 0.654. The highest BCUT2D eigenvalue weighted by molar-refractivity contribution is 5.78. The van der Waals surface area contributed by atoms with Crippen molar-refractivity contribution in [3.8, 4) is 0 Å². The summed E-state index contributed by atoms with van der Waals surface area (Å²) in [5.74, 6) is 0.244. The van der Waals surface area contributed by atoms with Gasteiger partial charge in [0.05, 0.1) is 0 Å². The molecule has 0 bridgehead atoms. The fraction of sp³-hybridized carbons (Fsp3) is 0.750. The van der Waals surface area contributed by atoms with Crippen LogP contribution in [-0.4, -0.2) is 23.1 Å². The maximum Gasteiger partial charge on any atom is 0.187 e. The Kier molecular flexibility index (Phi) is 9.39. The van der Waals surface area contributed by atoms with Gasteiger partial charge in [0.2, 0.25) is 0 Å². The molecule has 0 rings (SSSR count). The van der Waals surface area contributed by atoms with Crippen molar-refractivity contribution in [1.29, 1.82) is 0 Å². The third kappa shape index (κ3) is 6.32. The molecule has 0 N–H and O–H groups in total. The van der Waals surface area contributed by atoms with Crippen molar-refractivity contribution < 1.29 is 4.79 Å². The van der Waals surface area contributed by atoms with Crippen LogP contribution in [0.3, 0.4) is 0 Å². The van der Waals surface area contributed by atoms with Gasteiger partial charge in [-0.1, -0.05) is 19.8 Å². The van der Waals surface area contributed by atoms with Crippen LogP contribution in [0.25, 0.3) is 0 Å². The van der Waals surface area contributed by atoms with Crippen LogP contribution in [0.2, 0.25) is 0 Å². The molecular formula is C8H18AlO. The van der Waals surface area contributed by atoms with Crippen molar-refractivity contribution in [2.24, 2.45) is 5.92 Å². The quantitative estimate of drug-likeness (QED) is 0.557. The smallest absolute Gasteiger partial charge is 0.187 e. The van der Waals surface area contributed by atoms with Gasteiger partial charge in [-0.05, 0) is 20.3 Å². The van der Waals surface area contributed by atoms with E-state index in [1.54, 1.807) is 6.92 Å². The molecule has 59 valence electrons. The van der Waals surface area contributed by atoms with Crippen LogP contribution in [-0.2, 0) is 4.79 Å². The second-order valence-electron chi connectivity index (χ2n) is 2.45. The fourth-order valence-electron chi connectivity index (χ4n) is 0.654. The first-order valence-electron chi connectivity index (χ1n) is 3.52. The van der Waals surface area contributed by atoms with Gasteiger partial charge in [-0.25, -0.2) is 0 Å². The molecule has 0 aromatic carbocycles. The lowest BCUT2D eigenvalue weighted by Gasteiger charge is -2.03. The van der Waals surface area contributed by atoms with Crippen LogP contribution < -0.4 is 0 Å². The lowest BCUT2D eigenvalue weighted by molar-refractivity contribution is -0.119. The summed E-state index contributed by atoms with van der Waals surface area (Å²) in [4.78, 5) is 10.6. The number of hydrogen-bond acceptors (Lipinski definition) is 1. The zero-order valence-corrected chi connectivity index (χ0v) is 6.31. The molecule has 0 aromatic rings. The van der Waals surface area contributed by atoms with Crippen molar-refractivity contribution in [1.82, 2.24) is 0 Å². The summed E-state index contributed by atoms with van der Waals surface area (Å²) in [5, 5.41) is 0. The monoisotopic (exact) mass is 157 g/mol. The first kappa shape index (κ1) is 12.8. The Morgan fingerprint density at radius 3 is 2.40 bits per heavy atom. The lowest BCUT2D eigenvalue weighted by atomic mass is 10.0. The highest BCUT2D eigenvalue weighted by Gasteiger charge is 2.04. The molecule has 10 heavy (non-hydrogen) atoms.